The van der Waals surface area contributed by atoms with Gasteiger partial charge in [0, 0.05) is 16.8 Å². The van der Waals surface area contributed by atoms with Gasteiger partial charge in [-0.3, -0.25) is 4.98 Å². The van der Waals surface area contributed by atoms with Crippen molar-refractivity contribution in [3.05, 3.63) is 34.5 Å². The lowest BCUT2D eigenvalue weighted by atomic mass is 10.1. The highest BCUT2D eigenvalue weighted by atomic mass is 35.5. The minimum absolute atomic E-state index is 0.701. The molecule has 2 aromatic rings. The average molecular weight is 219 g/mol. The molecule has 0 radical (unpaired) electrons. The van der Waals surface area contributed by atoms with E-state index in [2.05, 4.69) is 4.98 Å². The van der Waals surface area contributed by atoms with Crippen molar-refractivity contribution in [3.8, 4) is 0 Å². The van der Waals surface area contributed by atoms with Crippen LogP contribution in [0, 0.1) is 0 Å². The van der Waals surface area contributed by atoms with Crippen LogP contribution in [0.25, 0.3) is 10.9 Å². The van der Waals surface area contributed by atoms with E-state index >= 15 is 0 Å². The Labute approximate surface area is 93.1 Å². The highest BCUT2D eigenvalue weighted by Crippen LogP contribution is 2.35. The topological polar surface area (TPSA) is 38.9 Å². The van der Waals surface area contributed by atoms with Crippen LogP contribution in [0.4, 0.5) is 5.69 Å². The van der Waals surface area contributed by atoms with Crippen molar-refractivity contribution in [1.82, 2.24) is 4.98 Å². The van der Waals surface area contributed by atoms with Crippen LogP contribution in [-0.4, -0.2) is 4.98 Å². The molecule has 1 aromatic heterocycles. The van der Waals surface area contributed by atoms with Crippen molar-refractivity contribution < 1.29 is 0 Å². The Morgan fingerprint density at radius 1 is 1.27 bits per heavy atom. The summed E-state index contributed by atoms with van der Waals surface area (Å²) in [7, 11) is 0. The molecule has 0 spiro atoms. The van der Waals surface area contributed by atoms with Crippen LogP contribution in [0.1, 0.15) is 17.7 Å². The molecule has 1 aliphatic rings. The zero-order valence-corrected chi connectivity index (χ0v) is 9.01. The van der Waals surface area contributed by atoms with Gasteiger partial charge in [0.25, 0.3) is 0 Å². The van der Waals surface area contributed by atoms with Crippen molar-refractivity contribution in [2.24, 2.45) is 0 Å². The lowest BCUT2D eigenvalue weighted by molar-refractivity contribution is 0.901. The van der Waals surface area contributed by atoms with Gasteiger partial charge in [-0.05, 0) is 37.0 Å². The molecule has 2 N–H and O–H groups in total. The van der Waals surface area contributed by atoms with Gasteiger partial charge in [0.1, 0.15) is 0 Å². The number of fused-ring (bicyclic) bond motifs is 2. The van der Waals surface area contributed by atoms with E-state index in [1.165, 1.54) is 5.56 Å². The Morgan fingerprint density at radius 2 is 2.13 bits per heavy atom. The third kappa shape index (κ3) is 1.21. The number of aryl methyl sites for hydroxylation is 1. The number of nitrogens with two attached hydrogens (primary N) is 1. The molecule has 76 valence electrons. The molecule has 0 atom stereocenters. The van der Waals surface area contributed by atoms with E-state index in [1.54, 1.807) is 0 Å². The lowest BCUT2D eigenvalue weighted by Crippen LogP contribution is -1.98. The predicted molar refractivity (Wildman–Crippen MR) is 63.2 cm³/mol. The summed E-state index contributed by atoms with van der Waals surface area (Å²) in [4.78, 5) is 4.61. The minimum atomic E-state index is 0.701. The lowest BCUT2D eigenvalue weighted by Gasteiger charge is -2.08. The van der Waals surface area contributed by atoms with Gasteiger partial charge >= 0.3 is 0 Å². The van der Waals surface area contributed by atoms with E-state index in [1.807, 2.05) is 18.2 Å². The monoisotopic (exact) mass is 218 g/mol. The van der Waals surface area contributed by atoms with Crippen LogP contribution in [0.5, 0.6) is 0 Å². The van der Waals surface area contributed by atoms with E-state index in [0.717, 1.165) is 41.5 Å². The second-order valence-electron chi connectivity index (χ2n) is 3.94. The van der Waals surface area contributed by atoms with Gasteiger partial charge in [-0.25, -0.2) is 0 Å². The van der Waals surface area contributed by atoms with Crippen LogP contribution in [-0.2, 0) is 12.8 Å². The predicted octanol–water partition coefficient (Wildman–Crippen LogP) is 2.96. The second-order valence-corrected chi connectivity index (χ2v) is 4.35. The molecule has 0 bridgehead atoms. The number of anilines is 1. The Hall–Kier alpha value is -1.28. The van der Waals surface area contributed by atoms with E-state index in [9.17, 15) is 0 Å². The molecule has 0 aliphatic heterocycles. The maximum absolute atomic E-state index is 6.15. The quantitative estimate of drug-likeness (QED) is 0.739. The SMILES string of the molecule is Nc1c2c(nc3cccc(Cl)c13)CCC2. The summed E-state index contributed by atoms with van der Waals surface area (Å²) in [5.74, 6) is 0. The molecule has 0 fully saturated rings. The maximum atomic E-state index is 6.15. The Kier molecular flexibility index (Phi) is 1.86. The Bertz CT molecular complexity index is 549. The number of benzene rings is 1. The van der Waals surface area contributed by atoms with Crippen molar-refractivity contribution >= 4 is 28.2 Å². The van der Waals surface area contributed by atoms with Gasteiger partial charge in [-0.1, -0.05) is 17.7 Å². The van der Waals surface area contributed by atoms with Gasteiger partial charge in [-0.15, -0.1) is 0 Å². The van der Waals surface area contributed by atoms with Crippen LogP contribution in [0.3, 0.4) is 0 Å². The molecular formula is C12H11ClN2. The second kappa shape index (κ2) is 3.11. The van der Waals surface area contributed by atoms with E-state index in [4.69, 9.17) is 17.3 Å². The summed E-state index contributed by atoms with van der Waals surface area (Å²) in [6.07, 6.45) is 3.23. The smallest absolute Gasteiger partial charge is 0.0741 e. The first kappa shape index (κ1) is 8.98. The summed E-state index contributed by atoms with van der Waals surface area (Å²) in [5, 5.41) is 1.62. The van der Waals surface area contributed by atoms with Gasteiger partial charge < -0.3 is 5.73 Å². The highest BCUT2D eigenvalue weighted by Gasteiger charge is 2.18. The zero-order valence-electron chi connectivity index (χ0n) is 8.26. The van der Waals surface area contributed by atoms with Crippen molar-refractivity contribution in [2.75, 3.05) is 5.73 Å². The Morgan fingerprint density at radius 3 is 3.00 bits per heavy atom. The summed E-state index contributed by atoms with van der Waals surface area (Å²) < 4.78 is 0. The normalized spacial score (nSPS) is 14.5. The molecule has 1 heterocycles. The number of pyridine rings is 1. The fourth-order valence-corrected chi connectivity index (χ4v) is 2.58. The first-order valence-electron chi connectivity index (χ1n) is 5.13. The third-order valence-electron chi connectivity index (χ3n) is 3.03. The molecule has 15 heavy (non-hydrogen) atoms. The highest BCUT2D eigenvalue weighted by molar-refractivity contribution is 6.36. The molecule has 0 saturated carbocycles. The number of rotatable bonds is 0. The maximum Gasteiger partial charge on any atom is 0.0741 e. The third-order valence-corrected chi connectivity index (χ3v) is 3.35. The summed E-state index contributed by atoms with van der Waals surface area (Å²) in [6, 6.07) is 5.75. The molecule has 3 rings (SSSR count). The fraction of sp³-hybridized carbons (Fsp3) is 0.250. The van der Waals surface area contributed by atoms with Crippen LogP contribution in [0.15, 0.2) is 18.2 Å². The van der Waals surface area contributed by atoms with E-state index in [-0.39, 0.29) is 0 Å². The summed E-state index contributed by atoms with van der Waals surface area (Å²) >= 11 is 6.14. The van der Waals surface area contributed by atoms with Crippen LogP contribution < -0.4 is 5.73 Å². The summed E-state index contributed by atoms with van der Waals surface area (Å²) in [5.41, 5.74) is 10.3. The number of halogens is 1. The minimum Gasteiger partial charge on any atom is -0.398 e. The zero-order chi connectivity index (χ0) is 10.4. The van der Waals surface area contributed by atoms with E-state index < -0.39 is 0 Å². The number of hydrogen-bond donors (Lipinski definition) is 1. The standard InChI is InChI=1S/C12H11ClN2/c13-8-4-2-6-10-11(8)12(14)7-3-1-5-9(7)15-10/h2,4,6H,1,3,5H2,(H2,14,15). The Balaban J connectivity index is 2.47. The molecule has 3 heteroatoms. The van der Waals surface area contributed by atoms with E-state index in [0.29, 0.717) is 5.02 Å². The number of aromatic nitrogens is 1. The number of hydrogen-bond acceptors (Lipinski definition) is 2. The van der Waals surface area contributed by atoms with Crippen molar-refractivity contribution in [3.63, 3.8) is 0 Å². The fourth-order valence-electron chi connectivity index (χ4n) is 2.31. The first-order valence-corrected chi connectivity index (χ1v) is 5.50. The van der Waals surface area contributed by atoms with Gasteiger partial charge in [-0.2, -0.15) is 0 Å². The van der Waals surface area contributed by atoms with Crippen LogP contribution >= 0.6 is 11.6 Å². The molecule has 1 aliphatic carbocycles. The molecule has 0 unspecified atom stereocenters. The molecular weight excluding hydrogens is 208 g/mol. The van der Waals surface area contributed by atoms with Gasteiger partial charge in [0.2, 0.25) is 0 Å². The van der Waals surface area contributed by atoms with Crippen molar-refractivity contribution in [2.45, 2.75) is 19.3 Å². The van der Waals surface area contributed by atoms with Gasteiger partial charge in [0.05, 0.1) is 10.5 Å². The van der Waals surface area contributed by atoms with Crippen molar-refractivity contribution in [1.29, 1.82) is 0 Å². The van der Waals surface area contributed by atoms with Crippen LogP contribution in [0.2, 0.25) is 5.02 Å². The molecule has 0 saturated heterocycles. The number of nitrogen functional groups attached to an aromatic ring is 1. The number of nitrogens with zero attached hydrogens (tertiary/aromatic N) is 1. The largest absolute Gasteiger partial charge is 0.398 e. The molecule has 0 amide bonds. The molecule has 2 nitrogen and oxygen atoms in total. The average Bonchev–Trinajstić information content (AvgIpc) is 2.66. The molecule has 1 aromatic carbocycles. The first-order chi connectivity index (χ1) is 7.27. The summed E-state index contributed by atoms with van der Waals surface area (Å²) in [6.45, 7) is 0. The van der Waals surface area contributed by atoms with Gasteiger partial charge in [0.15, 0.2) is 0 Å².